The lowest BCUT2D eigenvalue weighted by atomic mass is 9.97. The molecule has 2 rings (SSSR count). The van der Waals surface area contributed by atoms with E-state index in [0.717, 1.165) is 11.1 Å². The fourth-order valence-electron chi connectivity index (χ4n) is 3.03. The van der Waals surface area contributed by atoms with Crippen LogP contribution in [0.15, 0.2) is 24.3 Å². The molecule has 1 aliphatic rings. The monoisotopic (exact) mass is 368 g/mol. The van der Waals surface area contributed by atoms with Gasteiger partial charge in [-0.05, 0) is 32.3 Å². The molecule has 1 aromatic carbocycles. The average Bonchev–Trinajstić information content (AvgIpc) is 2.57. The van der Waals surface area contributed by atoms with Gasteiger partial charge in [0.1, 0.15) is 0 Å². The molecule has 25 heavy (non-hydrogen) atoms. The summed E-state index contributed by atoms with van der Waals surface area (Å²) in [7, 11) is -1.75. The van der Waals surface area contributed by atoms with Crippen LogP contribution in [0.1, 0.15) is 30.9 Å². The Labute approximate surface area is 150 Å². The number of carbonyl (C=O) groups is 1. The van der Waals surface area contributed by atoms with Gasteiger partial charge >= 0.3 is 0 Å². The standard InChI is InChI=1S/C18H28N2O4S/c1-14-4-6-16(7-5-14)13-25(22,23)20-10-8-17(9-11-20)18(21)19-15(2)12-24-3/h4-7,15,17H,8-13H2,1-3H3,(H,19,21). The summed E-state index contributed by atoms with van der Waals surface area (Å²) in [5.41, 5.74) is 1.90. The fraction of sp³-hybridized carbons (Fsp3) is 0.611. The van der Waals surface area contributed by atoms with Gasteiger partial charge in [0.05, 0.1) is 12.4 Å². The number of sulfonamides is 1. The molecule has 1 N–H and O–H groups in total. The summed E-state index contributed by atoms with van der Waals surface area (Å²) in [5.74, 6) is -0.139. The summed E-state index contributed by atoms with van der Waals surface area (Å²) in [6.07, 6.45) is 1.11. The van der Waals surface area contributed by atoms with Crippen LogP contribution in [0.3, 0.4) is 0 Å². The van der Waals surface area contributed by atoms with Crippen molar-refractivity contribution >= 4 is 15.9 Å². The van der Waals surface area contributed by atoms with Crippen LogP contribution < -0.4 is 5.32 Å². The highest BCUT2D eigenvalue weighted by Gasteiger charge is 2.31. The zero-order chi connectivity index (χ0) is 18.4. The number of ether oxygens (including phenoxy) is 1. The van der Waals surface area contributed by atoms with E-state index in [0.29, 0.717) is 32.5 Å². The van der Waals surface area contributed by atoms with E-state index in [1.54, 1.807) is 7.11 Å². The van der Waals surface area contributed by atoms with E-state index >= 15 is 0 Å². The summed E-state index contributed by atoms with van der Waals surface area (Å²) in [4.78, 5) is 12.2. The van der Waals surface area contributed by atoms with E-state index < -0.39 is 10.0 Å². The van der Waals surface area contributed by atoms with Gasteiger partial charge < -0.3 is 10.1 Å². The Morgan fingerprint density at radius 3 is 2.44 bits per heavy atom. The molecule has 7 heteroatoms. The average molecular weight is 368 g/mol. The van der Waals surface area contributed by atoms with Crippen LogP contribution in [-0.4, -0.2) is 51.5 Å². The number of nitrogens with one attached hydrogen (secondary N) is 1. The lowest BCUT2D eigenvalue weighted by Crippen LogP contribution is -2.45. The van der Waals surface area contributed by atoms with Crippen molar-refractivity contribution in [3.8, 4) is 0 Å². The maximum Gasteiger partial charge on any atom is 0.223 e. The third-order valence-corrected chi connectivity index (χ3v) is 6.34. The minimum atomic E-state index is -3.35. The highest BCUT2D eigenvalue weighted by Crippen LogP contribution is 2.22. The van der Waals surface area contributed by atoms with Gasteiger partial charge in [-0.1, -0.05) is 29.8 Å². The van der Waals surface area contributed by atoms with Crippen molar-refractivity contribution in [3.05, 3.63) is 35.4 Å². The number of piperidine rings is 1. The molecule has 1 heterocycles. The molecule has 1 amide bonds. The predicted molar refractivity (Wildman–Crippen MR) is 97.6 cm³/mol. The number of carbonyl (C=O) groups excluding carboxylic acids is 1. The topological polar surface area (TPSA) is 75.7 Å². The summed E-state index contributed by atoms with van der Waals surface area (Å²) in [6.45, 7) is 5.12. The molecule has 1 aromatic rings. The van der Waals surface area contributed by atoms with Gasteiger partial charge in [-0.2, -0.15) is 0 Å². The largest absolute Gasteiger partial charge is 0.383 e. The molecule has 0 saturated carbocycles. The first-order valence-electron chi connectivity index (χ1n) is 8.64. The Hall–Kier alpha value is -1.44. The van der Waals surface area contributed by atoms with E-state index in [1.165, 1.54) is 4.31 Å². The van der Waals surface area contributed by atoms with Gasteiger partial charge in [0.15, 0.2) is 0 Å². The maximum atomic E-state index is 12.6. The van der Waals surface area contributed by atoms with Gasteiger partial charge in [-0.15, -0.1) is 0 Å². The zero-order valence-electron chi connectivity index (χ0n) is 15.2. The molecule has 1 saturated heterocycles. The zero-order valence-corrected chi connectivity index (χ0v) is 16.0. The van der Waals surface area contributed by atoms with Crippen molar-refractivity contribution in [2.75, 3.05) is 26.8 Å². The lowest BCUT2D eigenvalue weighted by molar-refractivity contribution is -0.127. The second-order valence-corrected chi connectivity index (χ2v) is 8.75. The van der Waals surface area contributed by atoms with E-state index in [1.807, 2.05) is 38.1 Å². The minimum absolute atomic E-state index is 0.00894. The highest BCUT2D eigenvalue weighted by atomic mass is 32.2. The normalized spacial score (nSPS) is 18.0. The molecule has 0 aliphatic carbocycles. The highest BCUT2D eigenvalue weighted by molar-refractivity contribution is 7.88. The van der Waals surface area contributed by atoms with Crippen molar-refractivity contribution in [2.45, 2.75) is 38.5 Å². The number of nitrogens with zero attached hydrogens (tertiary/aromatic N) is 1. The van der Waals surface area contributed by atoms with Crippen LogP contribution >= 0.6 is 0 Å². The molecule has 140 valence electrons. The molecule has 0 radical (unpaired) electrons. The molecule has 0 bridgehead atoms. The first-order valence-corrected chi connectivity index (χ1v) is 10.3. The second-order valence-electron chi connectivity index (χ2n) is 6.78. The Kier molecular flexibility index (Phi) is 6.98. The van der Waals surface area contributed by atoms with Crippen LogP contribution in [0.5, 0.6) is 0 Å². The number of benzene rings is 1. The van der Waals surface area contributed by atoms with Crippen LogP contribution in [-0.2, 0) is 25.3 Å². The van der Waals surface area contributed by atoms with Gasteiger partial charge in [0, 0.05) is 32.2 Å². The molecular weight excluding hydrogens is 340 g/mol. The van der Waals surface area contributed by atoms with Gasteiger partial charge in [-0.25, -0.2) is 12.7 Å². The Morgan fingerprint density at radius 2 is 1.88 bits per heavy atom. The third-order valence-electron chi connectivity index (χ3n) is 4.49. The van der Waals surface area contributed by atoms with E-state index in [-0.39, 0.29) is 23.6 Å². The molecule has 1 unspecified atom stereocenters. The van der Waals surface area contributed by atoms with Crippen molar-refractivity contribution in [2.24, 2.45) is 5.92 Å². The number of methoxy groups -OCH3 is 1. The summed E-state index contributed by atoms with van der Waals surface area (Å²) in [6, 6.07) is 7.50. The van der Waals surface area contributed by atoms with Crippen LogP contribution in [0, 0.1) is 12.8 Å². The number of amides is 1. The van der Waals surface area contributed by atoms with E-state index in [4.69, 9.17) is 4.74 Å². The smallest absolute Gasteiger partial charge is 0.223 e. The summed E-state index contributed by atoms with van der Waals surface area (Å²) < 4.78 is 31.7. The molecule has 0 aromatic heterocycles. The lowest BCUT2D eigenvalue weighted by Gasteiger charge is -2.31. The van der Waals surface area contributed by atoms with Crippen LogP contribution in [0.2, 0.25) is 0 Å². The van der Waals surface area contributed by atoms with E-state index in [9.17, 15) is 13.2 Å². The molecule has 1 atom stereocenters. The molecular formula is C18H28N2O4S. The number of hydrogen-bond acceptors (Lipinski definition) is 4. The van der Waals surface area contributed by atoms with E-state index in [2.05, 4.69) is 5.32 Å². The number of hydrogen-bond donors (Lipinski definition) is 1. The van der Waals surface area contributed by atoms with Crippen LogP contribution in [0.25, 0.3) is 0 Å². The SMILES string of the molecule is COCC(C)NC(=O)C1CCN(S(=O)(=O)Cc2ccc(C)cc2)CC1. The van der Waals surface area contributed by atoms with Crippen molar-refractivity contribution in [3.63, 3.8) is 0 Å². The predicted octanol–water partition coefficient (Wildman–Crippen LogP) is 1.69. The van der Waals surface area contributed by atoms with Gasteiger partial charge in [0.2, 0.25) is 15.9 Å². The van der Waals surface area contributed by atoms with Gasteiger partial charge in [0.25, 0.3) is 0 Å². The molecule has 0 spiro atoms. The van der Waals surface area contributed by atoms with Crippen molar-refractivity contribution in [1.29, 1.82) is 0 Å². The van der Waals surface area contributed by atoms with Crippen molar-refractivity contribution in [1.82, 2.24) is 9.62 Å². The maximum absolute atomic E-state index is 12.6. The summed E-state index contributed by atoms with van der Waals surface area (Å²) in [5, 5.41) is 2.92. The third kappa shape index (κ3) is 5.80. The minimum Gasteiger partial charge on any atom is -0.383 e. The first-order chi connectivity index (χ1) is 11.8. The number of rotatable bonds is 7. The molecule has 1 aliphatic heterocycles. The molecule has 6 nitrogen and oxygen atoms in total. The number of aryl methyl sites for hydroxylation is 1. The Balaban J connectivity index is 1.88. The van der Waals surface area contributed by atoms with Crippen molar-refractivity contribution < 1.29 is 17.9 Å². The second kappa shape index (κ2) is 8.78. The Bertz CT molecular complexity index is 665. The Morgan fingerprint density at radius 1 is 1.28 bits per heavy atom. The first kappa shape index (κ1) is 19.9. The molecule has 1 fully saturated rings. The fourth-order valence-corrected chi connectivity index (χ4v) is 4.60. The quantitative estimate of drug-likeness (QED) is 0.795. The summed E-state index contributed by atoms with van der Waals surface area (Å²) >= 11 is 0. The van der Waals surface area contributed by atoms with Gasteiger partial charge in [-0.3, -0.25) is 4.79 Å². The van der Waals surface area contributed by atoms with Crippen LogP contribution in [0.4, 0.5) is 0 Å².